The van der Waals surface area contributed by atoms with Crippen LogP contribution in [-0.4, -0.2) is 37.2 Å². The molecule has 0 amide bonds. The molecule has 0 saturated carbocycles. The molecule has 0 aromatic rings. The minimum absolute atomic E-state index is 0.0752. The zero-order valence-corrected chi connectivity index (χ0v) is 50.6. The van der Waals surface area contributed by atoms with Crippen molar-refractivity contribution in [1.82, 2.24) is 0 Å². The summed E-state index contributed by atoms with van der Waals surface area (Å²) in [5.41, 5.74) is 0. The summed E-state index contributed by atoms with van der Waals surface area (Å²) in [4.78, 5) is 38.0. The zero-order chi connectivity index (χ0) is 54.3. The second kappa shape index (κ2) is 64.2. The molecule has 0 N–H and O–H groups in total. The Balaban J connectivity index is 3.90. The first-order chi connectivity index (χ1) is 37.0. The van der Waals surface area contributed by atoms with Crippen molar-refractivity contribution in [2.75, 3.05) is 13.2 Å². The molecule has 0 bridgehead atoms. The van der Waals surface area contributed by atoms with Crippen LogP contribution in [0.2, 0.25) is 0 Å². The van der Waals surface area contributed by atoms with E-state index >= 15 is 0 Å². The molecular formula is C69H128O6. The van der Waals surface area contributed by atoms with E-state index in [-0.39, 0.29) is 31.1 Å². The largest absolute Gasteiger partial charge is 0.462 e. The fourth-order valence-corrected chi connectivity index (χ4v) is 10.2. The Morgan fingerprint density at radius 2 is 0.520 bits per heavy atom. The molecule has 0 aromatic heterocycles. The molecule has 75 heavy (non-hydrogen) atoms. The highest BCUT2D eigenvalue weighted by Crippen LogP contribution is 2.19. The zero-order valence-electron chi connectivity index (χ0n) is 50.6. The molecule has 6 nitrogen and oxygen atoms in total. The van der Waals surface area contributed by atoms with Crippen LogP contribution in [0, 0.1) is 0 Å². The standard InChI is InChI=1S/C69H128O6/c1-4-7-10-13-16-18-20-22-24-25-26-27-28-29-30-31-32-33-34-35-36-37-38-39-40-41-42-43-45-46-48-50-53-56-59-62-68(71)74-65-66(64-73-67(70)61-58-55-52-15-12-9-6-3)75-69(72)63-60-57-54-51-49-47-44-23-21-19-17-14-11-8-5-2/h8,11,17,19,23,44,66H,4-7,9-10,12-16,18,20-22,24-43,45-65H2,1-3H3/b11-8-,19-17-,44-23-. The number of unbranched alkanes of at least 4 members (excludes halogenated alkanes) is 45. The smallest absolute Gasteiger partial charge is 0.306 e. The summed E-state index contributed by atoms with van der Waals surface area (Å²) in [5, 5.41) is 0. The van der Waals surface area contributed by atoms with Gasteiger partial charge in [0.1, 0.15) is 13.2 Å². The van der Waals surface area contributed by atoms with E-state index in [1.807, 2.05) is 0 Å². The molecule has 0 aliphatic heterocycles. The quantitative estimate of drug-likeness (QED) is 0.0261. The van der Waals surface area contributed by atoms with E-state index in [1.165, 1.54) is 231 Å². The lowest BCUT2D eigenvalue weighted by atomic mass is 10.0. The summed E-state index contributed by atoms with van der Waals surface area (Å²) in [6, 6.07) is 0. The predicted octanol–water partition coefficient (Wildman–Crippen LogP) is 22.8. The van der Waals surface area contributed by atoms with Crippen molar-refractivity contribution in [3.05, 3.63) is 36.5 Å². The van der Waals surface area contributed by atoms with Crippen LogP contribution in [0.4, 0.5) is 0 Å². The average molecular weight is 1050 g/mol. The maximum absolute atomic E-state index is 12.8. The Hall–Kier alpha value is -2.37. The van der Waals surface area contributed by atoms with Crippen molar-refractivity contribution >= 4 is 17.9 Å². The van der Waals surface area contributed by atoms with Crippen molar-refractivity contribution in [2.45, 2.75) is 374 Å². The van der Waals surface area contributed by atoms with Gasteiger partial charge in [0.2, 0.25) is 0 Å². The number of allylic oxidation sites excluding steroid dienone is 6. The molecule has 0 aromatic carbocycles. The van der Waals surface area contributed by atoms with Crippen molar-refractivity contribution in [3.8, 4) is 0 Å². The summed E-state index contributed by atoms with van der Waals surface area (Å²) < 4.78 is 16.8. The minimum atomic E-state index is -0.776. The van der Waals surface area contributed by atoms with Gasteiger partial charge < -0.3 is 14.2 Å². The number of hydrogen-bond acceptors (Lipinski definition) is 6. The Bertz CT molecular complexity index is 1250. The highest BCUT2D eigenvalue weighted by Gasteiger charge is 2.19. The normalized spacial score (nSPS) is 12.2. The van der Waals surface area contributed by atoms with E-state index in [0.29, 0.717) is 19.3 Å². The number of carbonyl (C=O) groups is 3. The molecule has 0 aliphatic rings. The van der Waals surface area contributed by atoms with E-state index in [0.717, 1.165) is 96.3 Å². The van der Waals surface area contributed by atoms with Gasteiger partial charge in [0.15, 0.2) is 6.10 Å². The van der Waals surface area contributed by atoms with Crippen LogP contribution < -0.4 is 0 Å². The maximum atomic E-state index is 12.8. The maximum Gasteiger partial charge on any atom is 0.306 e. The second-order valence-electron chi connectivity index (χ2n) is 22.7. The lowest BCUT2D eigenvalue weighted by molar-refractivity contribution is -0.167. The lowest BCUT2D eigenvalue weighted by Crippen LogP contribution is -2.30. The van der Waals surface area contributed by atoms with Crippen LogP contribution in [-0.2, 0) is 28.6 Å². The monoisotopic (exact) mass is 1050 g/mol. The third-order valence-electron chi connectivity index (χ3n) is 15.2. The summed E-state index contributed by atoms with van der Waals surface area (Å²) >= 11 is 0. The fourth-order valence-electron chi connectivity index (χ4n) is 10.2. The van der Waals surface area contributed by atoms with Gasteiger partial charge in [0.05, 0.1) is 0 Å². The summed E-state index contributed by atoms with van der Waals surface area (Å²) in [5.74, 6) is -0.881. The van der Waals surface area contributed by atoms with E-state index in [2.05, 4.69) is 57.2 Å². The molecule has 440 valence electrons. The third kappa shape index (κ3) is 62.4. The second-order valence-corrected chi connectivity index (χ2v) is 22.7. The van der Waals surface area contributed by atoms with E-state index in [1.54, 1.807) is 0 Å². The minimum Gasteiger partial charge on any atom is -0.462 e. The first kappa shape index (κ1) is 72.6. The molecule has 0 fully saturated rings. The van der Waals surface area contributed by atoms with Gasteiger partial charge in [-0.3, -0.25) is 14.4 Å². The van der Waals surface area contributed by atoms with Crippen molar-refractivity contribution in [1.29, 1.82) is 0 Å². The van der Waals surface area contributed by atoms with Crippen LogP contribution in [0.1, 0.15) is 367 Å². The Labute approximate surface area is 467 Å². The molecule has 1 unspecified atom stereocenters. The molecule has 0 aliphatic carbocycles. The number of carbonyl (C=O) groups excluding carboxylic acids is 3. The Morgan fingerprint density at radius 3 is 0.813 bits per heavy atom. The first-order valence-electron chi connectivity index (χ1n) is 33.5. The van der Waals surface area contributed by atoms with E-state index < -0.39 is 6.10 Å². The number of rotatable bonds is 62. The van der Waals surface area contributed by atoms with Gasteiger partial charge in [0.25, 0.3) is 0 Å². The topological polar surface area (TPSA) is 78.9 Å². The molecule has 0 rings (SSSR count). The molecular weight excluding hydrogens is 925 g/mol. The van der Waals surface area contributed by atoms with Crippen molar-refractivity contribution < 1.29 is 28.6 Å². The lowest BCUT2D eigenvalue weighted by Gasteiger charge is -2.18. The summed E-state index contributed by atoms with van der Waals surface area (Å²) in [6.07, 6.45) is 79.4. The van der Waals surface area contributed by atoms with Gasteiger partial charge in [-0.05, 0) is 51.4 Å². The summed E-state index contributed by atoms with van der Waals surface area (Å²) in [6.45, 7) is 6.52. The van der Waals surface area contributed by atoms with Crippen LogP contribution in [0.15, 0.2) is 36.5 Å². The SMILES string of the molecule is CC/C=C\C/C=C\C/C=C\CCCCCCCC(=O)OC(COC(=O)CCCCCCCCC)COC(=O)CCCCCCCCCCCCCCCCCCCCCCCCCCCCCCCCCCCCC. The summed E-state index contributed by atoms with van der Waals surface area (Å²) in [7, 11) is 0. The molecule has 6 heteroatoms. The highest BCUT2D eigenvalue weighted by molar-refractivity contribution is 5.71. The molecule has 0 radical (unpaired) electrons. The Kier molecular flexibility index (Phi) is 62.1. The van der Waals surface area contributed by atoms with Crippen molar-refractivity contribution in [3.63, 3.8) is 0 Å². The molecule has 1 atom stereocenters. The van der Waals surface area contributed by atoms with Gasteiger partial charge >= 0.3 is 17.9 Å². The number of hydrogen-bond donors (Lipinski definition) is 0. The van der Waals surface area contributed by atoms with E-state index in [9.17, 15) is 14.4 Å². The Morgan fingerprint density at radius 1 is 0.280 bits per heavy atom. The third-order valence-corrected chi connectivity index (χ3v) is 15.2. The van der Waals surface area contributed by atoms with Crippen molar-refractivity contribution in [2.24, 2.45) is 0 Å². The predicted molar refractivity (Wildman–Crippen MR) is 326 cm³/mol. The van der Waals surface area contributed by atoms with Crippen LogP contribution >= 0.6 is 0 Å². The molecule has 0 spiro atoms. The molecule has 0 saturated heterocycles. The van der Waals surface area contributed by atoms with Crippen LogP contribution in [0.3, 0.4) is 0 Å². The van der Waals surface area contributed by atoms with Crippen LogP contribution in [0.5, 0.6) is 0 Å². The van der Waals surface area contributed by atoms with Gasteiger partial charge in [-0.2, -0.15) is 0 Å². The van der Waals surface area contributed by atoms with Crippen LogP contribution in [0.25, 0.3) is 0 Å². The molecule has 0 heterocycles. The van der Waals surface area contributed by atoms with Gasteiger partial charge in [0, 0.05) is 19.3 Å². The fraction of sp³-hybridized carbons (Fsp3) is 0.870. The average Bonchev–Trinajstić information content (AvgIpc) is 3.41. The van der Waals surface area contributed by atoms with Gasteiger partial charge in [-0.15, -0.1) is 0 Å². The first-order valence-corrected chi connectivity index (χ1v) is 33.5. The van der Waals surface area contributed by atoms with E-state index in [4.69, 9.17) is 14.2 Å². The number of ether oxygens (including phenoxy) is 3. The number of esters is 3. The van der Waals surface area contributed by atoms with Gasteiger partial charge in [-0.1, -0.05) is 333 Å². The highest BCUT2D eigenvalue weighted by atomic mass is 16.6. The van der Waals surface area contributed by atoms with Gasteiger partial charge in [-0.25, -0.2) is 0 Å².